The van der Waals surface area contributed by atoms with Gasteiger partial charge in [-0.15, -0.1) is 6.58 Å². The van der Waals surface area contributed by atoms with Crippen molar-refractivity contribution >= 4 is 22.6 Å². The predicted molar refractivity (Wildman–Crippen MR) is 118 cm³/mol. The van der Waals surface area contributed by atoms with Gasteiger partial charge in [0, 0.05) is 13.1 Å². The average Bonchev–Trinajstić information content (AvgIpc) is 2.76. The van der Waals surface area contributed by atoms with E-state index in [9.17, 15) is 9.59 Å². The summed E-state index contributed by atoms with van der Waals surface area (Å²) in [6.07, 6.45) is 4.08. The number of nitrogens with one attached hydrogen (secondary N) is 2. The summed E-state index contributed by atoms with van der Waals surface area (Å²) in [4.78, 5) is 26.8. The van der Waals surface area contributed by atoms with E-state index in [1.54, 1.807) is 6.08 Å². The van der Waals surface area contributed by atoms with E-state index < -0.39 is 0 Å². The van der Waals surface area contributed by atoms with Gasteiger partial charge in [-0.3, -0.25) is 14.5 Å². The lowest BCUT2D eigenvalue weighted by molar-refractivity contribution is -0.126. The lowest BCUT2D eigenvalue weighted by Gasteiger charge is -2.35. The molecule has 1 atom stereocenters. The second-order valence-electron chi connectivity index (χ2n) is 7.81. The molecule has 29 heavy (non-hydrogen) atoms. The number of fused-ring (bicyclic) bond motifs is 1. The number of carbonyl (C=O) groups excluding carboxylic acids is 2. The molecule has 0 radical (unpaired) electrons. The lowest BCUT2D eigenvalue weighted by atomic mass is 9.95. The molecule has 0 aromatic heterocycles. The first-order chi connectivity index (χ1) is 14.1. The van der Waals surface area contributed by atoms with Gasteiger partial charge in [0.15, 0.2) is 0 Å². The third-order valence-corrected chi connectivity index (χ3v) is 5.82. The number of hydrogen-bond donors (Lipinski definition) is 2. The summed E-state index contributed by atoms with van der Waals surface area (Å²) in [6.45, 7) is 8.54. The fraction of sp³-hybridized carbons (Fsp3) is 0.417. The summed E-state index contributed by atoms with van der Waals surface area (Å²) in [7, 11) is 0. The van der Waals surface area contributed by atoms with Gasteiger partial charge >= 0.3 is 0 Å². The Hall–Kier alpha value is -2.66. The lowest BCUT2D eigenvalue weighted by Crippen LogP contribution is -2.49. The third-order valence-electron chi connectivity index (χ3n) is 5.82. The Kier molecular flexibility index (Phi) is 7.42. The molecule has 5 heteroatoms. The van der Waals surface area contributed by atoms with Crippen molar-refractivity contribution in [1.82, 2.24) is 15.5 Å². The van der Waals surface area contributed by atoms with Crippen molar-refractivity contribution in [3.63, 3.8) is 0 Å². The van der Waals surface area contributed by atoms with Crippen LogP contribution in [0.3, 0.4) is 0 Å². The fourth-order valence-corrected chi connectivity index (χ4v) is 3.97. The summed E-state index contributed by atoms with van der Waals surface area (Å²) in [5, 5.41) is 8.28. The number of amides is 2. The van der Waals surface area contributed by atoms with E-state index in [2.05, 4.69) is 40.3 Å². The van der Waals surface area contributed by atoms with Gasteiger partial charge in [-0.05, 0) is 55.1 Å². The van der Waals surface area contributed by atoms with Gasteiger partial charge in [0.1, 0.15) is 0 Å². The predicted octanol–water partition coefficient (Wildman–Crippen LogP) is 2.90. The first kappa shape index (κ1) is 21.1. The second kappa shape index (κ2) is 10.2. The van der Waals surface area contributed by atoms with E-state index in [4.69, 9.17) is 0 Å². The molecular formula is C24H31N3O2. The Morgan fingerprint density at radius 3 is 2.62 bits per heavy atom. The van der Waals surface area contributed by atoms with Gasteiger partial charge in [0.2, 0.25) is 11.8 Å². The van der Waals surface area contributed by atoms with Crippen LogP contribution in [-0.4, -0.2) is 48.9 Å². The van der Waals surface area contributed by atoms with E-state index in [1.807, 2.05) is 31.2 Å². The summed E-state index contributed by atoms with van der Waals surface area (Å²) in [5.41, 5.74) is 1.06. The van der Waals surface area contributed by atoms with Crippen molar-refractivity contribution in [2.75, 3.05) is 26.2 Å². The molecule has 1 fully saturated rings. The SMILES string of the molecule is C=CCNC(=O)C(C)N1CCC(CNC(=O)Cc2cccc3ccccc23)CC1. The van der Waals surface area contributed by atoms with Gasteiger partial charge in [-0.2, -0.15) is 0 Å². The molecule has 0 saturated carbocycles. The first-order valence-electron chi connectivity index (χ1n) is 10.4. The number of carbonyl (C=O) groups is 2. The van der Waals surface area contributed by atoms with Gasteiger partial charge in [-0.25, -0.2) is 0 Å². The largest absolute Gasteiger partial charge is 0.356 e. The van der Waals surface area contributed by atoms with Crippen LogP contribution in [-0.2, 0) is 16.0 Å². The highest BCUT2D eigenvalue weighted by Gasteiger charge is 2.26. The second-order valence-corrected chi connectivity index (χ2v) is 7.81. The smallest absolute Gasteiger partial charge is 0.237 e. The molecule has 3 rings (SSSR count). The van der Waals surface area contributed by atoms with Crippen LogP contribution in [0.4, 0.5) is 0 Å². The number of hydrogen-bond acceptors (Lipinski definition) is 3. The Labute approximate surface area is 173 Å². The zero-order chi connectivity index (χ0) is 20.6. The highest BCUT2D eigenvalue weighted by molar-refractivity contribution is 5.90. The molecule has 0 bridgehead atoms. The summed E-state index contributed by atoms with van der Waals surface area (Å²) < 4.78 is 0. The van der Waals surface area contributed by atoms with Crippen LogP contribution in [0.2, 0.25) is 0 Å². The maximum atomic E-state index is 12.5. The highest BCUT2D eigenvalue weighted by Crippen LogP contribution is 2.20. The van der Waals surface area contributed by atoms with E-state index in [0.717, 1.165) is 42.3 Å². The third kappa shape index (κ3) is 5.67. The Balaban J connectivity index is 1.44. The van der Waals surface area contributed by atoms with Crippen molar-refractivity contribution in [3.8, 4) is 0 Å². The maximum absolute atomic E-state index is 12.5. The molecule has 2 N–H and O–H groups in total. The molecule has 2 aromatic carbocycles. The Morgan fingerprint density at radius 1 is 1.14 bits per heavy atom. The standard InChI is InChI=1S/C24H31N3O2/c1-3-13-25-24(29)18(2)27-14-11-19(12-15-27)17-26-23(28)16-21-9-6-8-20-7-4-5-10-22(20)21/h3-10,18-19H,1,11-17H2,2H3,(H,25,29)(H,26,28). The zero-order valence-corrected chi connectivity index (χ0v) is 17.2. The van der Waals surface area contributed by atoms with E-state index in [1.165, 1.54) is 0 Å². The van der Waals surface area contributed by atoms with E-state index in [-0.39, 0.29) is 17.9 Å². The van der Waals surface area contributed by atoms with Crippen molar-refractivity contribution in [1.29, 1.82) is 0 Å². The average molecular weight is 394 g/mol. The summed E-state index contributed by atoms with van der Waals surface area (Å²) in [6, 6.07) is 14.1. The van der Waals surface area contributed by atoms with Crippen LogP contribution in [0.15, 0.2) is 55.1 Å². The van der Waals surface area contributed by atoms with E-state index in [0.29, 0.717) is 25.4 Å². The van der Waals surface area contributed by atoms with Crippen molar-refractivity contribution < 1.29 is 9.59 Å². The molecular weight excluding hydrogens is 362 g/mol. The zero-order valence-electron chi connectivity index (χ0n) is 17.2. The summed E-state index contributed by atoms with van der Waals surface area (Å²) in [5.74, 6) is 0.582. The van der Waals surface area contributed by atoms with Crippen LogP contribution >= 0.6 is 0 Å². The monoisotopic (exact) mass is 393 g/mol. The molecule has 154 valence electrons. The van der Waals surface area contributed by atoms with Gasteiger partial charge in [0.25, 0.3) is 0 Å². The van der Waals surface area contributed by atoms with Crippen molar-refractivity contribution in [2.24, 2.45) is 5.92 Å². The maximum Gasteiger partial charge on any atom is 0.237 e. The minimum atomic E-state index is -0.128. The van der Waals surface area contributed by atoms with Crippen LogP contribution in [0.1, 0.15) is 25.3 Å². The molecule has 0 spiro atoms. The normalized spacial score (nSPS) is 16.3. The topological polar surface area (TPSA) is 61.4 Å². The minimum Gasteiger partial charge on any atom is -0.356 e. The molecule has 0 aliphatic carbocycles. The molecule has 2 aromatic rings. The molecule has 5 nitrogen and oxygen atoms in total. The molecule has 1 saturated heterocycles. The number of nitrogens with zero attached hydrogens (tertiary/aromatic N) is 1. The van der Waals surface area contributed by atoms with Gasteiger partial charge in [-0.1, -0.05) is 48.5 Å². The fourth-order valence-electron chi connectivity index (χ4n) is 3.97. The van der Waals surface area contributed by atoms with Gasteiger partial charge in [0.05, 0.1) is 12.5 Å². The number of benzene rings is 2. The van der Waals surface area contributed by atoms with Crippen LogP contribution in [0, 0.1) is 5.92 Å². The van der Waals surface area contributed by atoms with Gasteiger partial charge < -0.3 is 10.6 Å². The minimum absolute atomic E-state index is 0.0479. The Morgan fingerprint density at radius 2 is 1.86 bits per heavy atom. The van der Waals surface area contributed by atoms with Crippen LogP contribution in [0.25, 0.3) is 10.8 Å². The summed E-state index contributed by atoms with van der Waals surface area (Å²) >= 11 is 0. The molecule has 1 heterocycles. The number of rotatable bonds is 8. The molecule has 1 aliphatic heterocycles. The van der Waals surface area contributed by atoms with Crippen LogP contribution < -0.4 is 10.6 Å². The first-order valence-corrected chi connectivity index (χ1v) is 10.4. The van der Waals surface area contributed by atoms with E-state index >= 15 is 0 Å². The highest BCUT2D eigenvalue weighted by atomic mass is 16.2. The quantitative estimate of drug-likeness (QED) is 0.678. The number of likely N-dealkylation sites (tertiary alicyclic amines) is 1. The van der Waals surface area contributed by atoms with Crippen molar-refractivity contribution in [3.05, 3.63) is 60.7 Å². The van der Waals surface area contributed by atoms with Crippen molar-refractivity contribution in [2.45, 2.75) is 32.2 Å². The number of piperidine rings is 1. The molecule has 1 aliphatic rings. The Bertz CT molecular complexity index is 851. The molecule has 2 amide bonds. The van der Waals surface area contributed by atoms with Crippen LogP contribution in [0.5, 0.6) is 0 Å². The molecule has 1 unspecified atom stereocenters.